The lowest BCUT2D eigenvalue weighted by atomic mass is 10.1. The largest absolute Gasteiger partial charge is 0.394 e. The van der Waals surface area contributed by atoms with Crippen LogP contribution in [-0.4, -0.2) is 15.7 Å². The number of aromatic nitrogens is 2. The normalized spacial score (nSPS) is 10.4. The van der Waals surface area contributed by atoms with Crippen molar-refractivity contribution in [1.29, 1.82) is 0 Å². The third kappa shape index (κ3) is 2.34. The molecule has 0 spiro atoms. The van der Waals surface area contributed by atoms with Crippen LogP contribution in [0, 0.1) is 13.8 Å². The standard InChI is InChI=1S/C13H16N4O/c1-8-4-9(2)6-10(5-8)13(18)16-12-11(14)7-15-17(12)3/h4-7H,14H2,1-3H3,(H,16,18). The van der Waals surface area contributed by atoms with Crippen molar-refractivity contribution in [1.82, 2.24) is 9.78 Å². The van der Waals surface area contributed by atoms with Crippen LogP contribution in [0.2, 0.25) is 0 Å². The van der Waals surface area contributed by atoms with Crippen molar-refractivity contribution in [3.63, 3.8) is 0 Å². The molecule has 1 aromatic heterocycles. The highest BCUT2D eigenvalue weighted by Crippen LogP contribution is 2.17. The van der Waals surface area contributed by atoms with Gasteiger partial charge in [0.15, 0.2) is 5.82 Å². The highest BCUT2D eigenvalue weighted by molar-refractivity contribution is 6.05. The Balaban J connectivity index is 2.27. The van der Waals surface area contributed by atoms with Crippen molar-refractivity contribution in [3.05, 3.63) is 41.1 Å². The number of carbonyl (C=O) groups excluding carboxylic acids is 1. The number of benzene rings is 1. The zero-order chi connectivity index (χ0) is 13.3. The molecular formula is C13H16N4O. The van der Waals surface area contributed by atoms with Crippen LogP contribution < -0.4 is 11.1 Å². The van der Waals surface area contributed by atoms with E-state index in [9.17, 15) is 4.79 Å². The Kier molecular flexibility index (Phi) is 3.06. The first kappa shape index (κ1) is 12.2. The van der Waals surface area contributed by atoms with Gasteiger partial charge in [0, 0.05) is 12.6 Å². The molecule has 0 saturated carbocycles. The molecule has 3 N–H and O–H groups in total. The molecule has 0 radical (unpaired) electrons. The van der Waals surface area contributed by atoms with E-state index >= 15 is 0 Å². The number of nitrogens with two attached hydrogens (primary N) is 1. The van der Waals surface area contributed by atoms with Crippen molar-refractivity contribution in [3.8, 4) is 0 Å². The van der Waals surface area contributed by atoms with E-state index in [4.69, 9.17) is 5.73 Å². The number of rotatable bonds is 2. The number of hydrogen-bond acceptors (Lipinski definition) is 3. The highest BCUT2D eigenvalue weighted by Gasteiger charge is 2.12. The maximum Gasteiger partial charge on any atom is 0.256 e. The third-order valence-electron chi connectivity index (χ3n) is 2.68. The lowest BCUT2D eigenvalue weighted by Crippen LogP contribution is -2.15. The zero-order valence-corrected chi connectivity index (χ0v) is 10.7. The molecule has 0 unspecified atom stereocenters. The van der Waals surface area contributed by atoms with E-state index in [1.54, 1.807) is 7.05 Å². The van der Waals surface area contributed by atoms with Gasteiger partial charge in [-0.1, -0.05) is 17.2 Å². The van der Waals surface area contributed by atoms with Gasteiger partial charge in [-0.2, -0.15) is 5.10 Å². The molecule has 0 bridgehead atoms. The fourth-order valence-electron chi connectivity index (χ4n) is 1.89. The number of carbonyl (C=O) groups is 1. The van der Waals surface area contributed by atoms with E-state index in [1.807, 2.05) is 32.0 Å². The average molecular weight is 244 g/mol. The van der Waals surface area contributed by atoms with Gasteiger partial charge in [-0.3, -0.25) is 9.48 Å². The Morgan fingerprint density at radius 1 is 1.28 bits per heavy atom. The van der Waals surface area contributed by atoms with Gasteiger partial charge in [-0.25, -0.2) is 0 Å². The SMILES string of the molecule is Cc1cc(C)cc(C(=O)Nc2c(N)cnn2C)c1. The molecule has 18 heavy (non-hydrogen) atoms. The summed E-state index contributed by atoms with van der Waals surface area (Å²) >= 11 is 0. The number of amides is 1. The van der Waals surface area contributed by atoms with Gasteiger partial charge in [-0.05, 0) is 26.0 Å². The molecule has 0 aliphatic rings. The second-order valence-corrected chi connectivity index (χ2v) is 4.40. The molecular weight excluding hydrogens is 228 g/mol. The number of nitrogen functional groups attached to an aromatic ring is 1. The highest BCUT2D eigenvalue weighted by atomic mass is 16.1. The molecule has 0 fully saturated rings. The Hall–Kier alpha value is -2.30. The molecule has 1 amide bonds. The van der Waals surface area contributed by atoms with E-state index < -0.39 is 0 Å². The first-order chi connectivity index (χ1) is 8.47. The summed E-state index contributed by atoms with van der Waals surface area (Å²) in [5.74, 6) is 0.330. The van der Waals surface area contributed by atoms with Crippen LogP contribution in [0.3, 0.4) is 0 Å². The van der Waals surface area contributed by atoms with E-state index in [0.29, 0.717) is 17.1 Å². The summed E-state index contributed by atoms with van der Waals surface area (Å²) in [5.41, 5.74) is 8.91. The van der Waals surface area contributed by atoms with E-state index in [1.165, 1.54) is 10.9 Å². The Morgan fingerprint density at radius 3 is 2.39 bits per heavy atom. The minimum Gasteiger partial charge on any atom is -0.394 e. The minimum absolute atomic E-state index is 0.183. The fraction of sp³-hybridized carbons (Fsp3) is 0.231. The lowest BCUT2D eigenvalue weighted by molar-refractivity contribution is 0.102. The molecule has 2 rings (SSSR count). The van der Waals surface area contributed by atoms with E-state index in [-0.39, 0.29) is 5.91 Å². The second-order valence-electron chi connectivity index (χ2n) is 4.40. The summed E-state index contributed by atoms with van der Waals surface area (Å²) in [6, 6.07) is 5.71. The number of anilines is 2. The first-order valence-electron chi connectivity index (χ1n) is 5.64. The average Bonchev–Trinajstić information content (AvgIpc) is 2.59. The zero-order valence-electron chi connectivity index (χ0n) is 10.7. The molecule has 0 atom stereocenters. The van der Waals surface area contributed by atoms with E-state index in [0.717, 1.165) is 11.1 Å². The molecule has 0 aliphatic carbocycles. The predicted molar refractivity (Wildman–Crippen MR) is 71.5 cm³/mol. The van der Waals surface area contributed by atoms with Crippen LogP contribution in [0.25, 0.3) is 0 Å². The van der Waals surface area contributed by atoms with Gasteiger partial charge in [0.05, 0.1) is 11.9 Å². The molecule has 0 aliphatic heterocycles. The third-order valence-corrected chi connectivity index (χ3v) is 2.68. The second kappa shape index (κ2) is 4.52. The summed E-state index contributed by atoms with van der Waals surface area (Å²) in [7, 11) is 1.73. The van der Waals surface area contributed by atoms with Gasteiger partial charge in [0.1, 0.15) is 0 Å². The maximum absolute atomic E-state index is 12.1. The van der Waals surface area contributed by atoms with Crippen molar-refractivity contribution in [2.75, 3.05) is 11.1 Å². The molecule has 1 heterocycles. The molecule has 0 saturated heterocycles. The van der Waals surface area contributed by atoms with Gasteiger partial charge in [0.25, 0.3) is 5.91 Å². The van der Waals surface area contributed by atoms with Crippen LogP contribution in [0.4, 0.5) is 11.5 Å². The molecule has 1 aromatic carbocycles. The van der Waals surface area contributed by atoms with Crippen LogP contribution >= 0.6 is 0 Å². The van der Waals surface area contributed by atoms with Crippen molar-refractivity contribution in [2.45, 2.75) is 13.8 Å². The fourth-order valence-corrected chi connectivity index (χ4v) is 1.89. The van der Waals surface area contributed by atoms with Crippen molar-refractivity contribution >= 4 is 17.4 Å². The van der Waals surface area contributed by atoms with Gasteiger partial charge in [-0.15, -0.1) is 0 Å². The molecule has 2 aromatic rings. The first-order valence-corrected chi connectivity index (χ1v) is 5.64. The summed E-state index contributed by atoms with van der Waals surface area (Å²) in [6.45, 7) is 3.92. The van der Waals surface area contributed by atoms with Gasteiger partial charge in [0.2, 0.25) is 0 Å². The van der Waals surface area contributed by atoms with E-state index in [2.05, 4.69) is 10.4 Å². The maximum atomic E-state index is 12.1. The molecule has 5 nitrogen and oxygen atoms in total. The van der Waals surface area contributed by atoms with Gasteiger partial charge >= 0.3 is 0 Å². The lowest BCUT2D eigenvalue weighted by Gasteiger charge is -2.08. The Labute approximate surface area is 106 Å². The Morgan fingerprint density at radius 2 is 1.89 bits per heavy atom. The Bertz CT molecular complexity index is 561. The summed E-state index contributed by atoms with van der Waals surface area (Å²) in [6.07, 6.45) is 1.51. The topological polar surface area (TPSA) is 72.9 Å². The number of aryl methyl sites for hydroxylation is 3. The summed E-state index contributed by atoms with van der Waals surface area (Å²) in [4.78, 5) is 12.1. The molecule has 94 valence electrons. The molecule has 5 heteroatoms. The van der Waals surface area contributed by atoms with Crippen LogP contribution in [0.5, 0.6) is 0 Å². The number of nitrogens with zero attached hydrogens (tertiary/aromatic N) is 2. The van der Waals surface area contributed by atoms with Crippen LogP contribution in [0.15, 0.2) is 24.4 Å². The predicted octanol–water partition coefficient (Wildman–Crippen LogP) is 1.87. The summed E-state index contributed by atoms with van der Waals surface area (Å²) in [5, 5.41) is 6.74. The number of hydrogen-bond donors (Lipinski definition) is 2. The summed E-state index contributed by atoms with van der Waals surface area (Å²) < 4.78 is 1.54. The monoisotopic (exact) mass is 244 g/mol. The quantitative estimate of drug-likeness (QED) is 0.847. The van der Waals surface area contributed by atoms with Crippen LogP contribution in [-0.2, 0) is 7.05 Å². The van der Waals surface area contributed by atoms with Crippen molar-refractivity contribution < 1.29 is 4.79 Å². The van der Waals surface area contributed by atoms with Crippen molar-refractivity contribution in [2.24, 2.45) is 7.05 Å². The minimum atomic E-state index is -0.183. The smallest absolute Gasteiger partial charge is 0.256 e. The van der Waals surface area contributed by atoms with Crippen LogP contribution in [0.1, 0.15) is 21.5 Å². The number of nitrogens with one attached hydrogen (secondary N) is 1. The van der Waals surface area contributed by atoms with Gasteiger partial charge < -0.3 is 11.1 Å².